The van der Waals surface area contributed by atoms with Crippen LogP contribution in [0.1, 0.15) is 89.4 Å². The number of methoxy groups -OCH3 is 1. The van der Waals surface area contributed by atoms with E-state index in [4.69, 9.17) is 4.74 Å². The number of aromatic nitrogens is 10. The molecule has 8 rings (SSSR count). The second-order valence-corrected chi connectivity index (χ2v) is 13.8. The monoisotopic (exact) mass is 754 g/mol. The summed E-state index contributed by atoms with van der Waals surface area (Å²) in [7, 11) is 1.59. The lowest BCUT2D eigenvalue weighted by Crippen LogP contribution is -2.41. The Kier molecular flexibility index (Phi) is 11.3. The Hall–Kier alpha value is -5.42. The van der Waals surface area contributed by atoms with Crippen molar-refractivity contribution in [3.63, 3.8) is 0 Å². The van der Waals surface area contributed by atoms with E-state index in [2.05, 4.69) is 39.1 Å². The van der Waals surface area contributed by atoms with Crippen LogP contribution in [0.25, 0.3) is 21.7 Å². The molecule has 0 fully saturated rings. The zero-order chi connectivity index (χ0) is 37.8. The average Bonchev–Trinajstić information content (AvgIpc) is 4.00. The van der Waals surface area contributed by atoms with Gasteiger partial charge in [-0.2, -0.15) is 8.75 Å². The molecule has 4 aromatic heterocycles. The summed E-state index contributed by atoms with van der Waals surface area (Å²) in [6.45, 7) is 16.1. The largest absolute Gasteiger partial charge is 0.497 e. The van der Waals surface area contributed by atoms with E-state index in [1.54, 1.807) is 19.2 Å². The molecule has 6 heterocycles. The molecule has 0 N–H and O–H groups in total. The van der Waals surface area contributed by atoms with Crippen molar-refractivity contribution in [3.8, 4) is 27.4 Å². The van der Waals surface area contributed by atoms with Crippen molar-refractivity contribution >= 4 is 34.9 Å². The third-order valence-corrected chi connectivity index (χ3v) is 10.6. The summed E-state index contributed by atoms with van der Waals surface area (Å²) in [5, 5.41) is 18.8. The number of ether oxygens (including phenoxy) is 1. The van der Waals surface area contributed by atoms with Crippen LogP contribution in [0.4, 0.5) is 0 Å². The van der Waals surface area contributed by atoms with E-state index in [1.165, 1.54) is 23.1 Å². The quantitative estimate of drug-likeness (QED) is 0.203. The van der Waals surface area contributed by atoms with Gasteiger partial charge in [-0.15, -0.1) is 20.4 Å². The Morgan fingerprint density at radius 2 is 1.23 bits per heavy atom. The molecule has 0 aliphatic carbocycles. The number of carbonyl (C=O) groups is 2. The number of fused-ring (bicyclic) bond motifs is 2. The molecule has 2 aliphatic rings. The van der Waals surface area contributed by atoms with E-state index in [9.17, 15) is 9.59 Å². The van der Waals surface area contributed by atoms with Crippen molar-refractivity contribution in [2.75, 3.05) is 20.2 Å². The number of rotatable bonds is 5. The minimum atomic E-state index is -0.183. The van der Waals surface area contributed by atoms with Gasteiger partial charge >= 0.3 is 0 Å². The third kappa shape index (κ3) is 7.44. The number of hydrogen-bond donors (Lipinski definition) is 0. The van der Waals surface area contributed by atoms with E-state index in [1.807, 2.05) is 104 Å². The van der Waals surface area contributed by atoms with Gasteiger partial charge in [0.05, 0.1) is 19.2 Å². The van der Waals surface area contributed by atoms with Gasteiger partial charge in [-0.3, -0.25) is 9.59 Å². The summed E-state index contributed by atoms with van der Waals surface area (Å²) in [6, 6.07) is 14.5. The standard InChI is InChI=1S/C17H18N6O2S.C17H18N6OS.C2H6/c1-10-14-19-20-15(16-18-11(2)21-26-16)23(14)8-7-22(10)17(24)12-5-4-6-13(9-12)25-3;1-10-6-4-5-7-13(10)17(24)22-8-9-23-14(11(22)2)19-20-15(23)16-18-12(3)21-25-16;1-2/h4-6,9-10H,7-8H2,1-3H3;4-7,11H,8-9H2,1-3H3;1-2H3/t10-;11-;/m11./s1. The van der Waals surface area contributed by atoms with E-state index in [-0.39, 0.29) is 23.9 Å². The lowest BCUT2D eigenvalue weighted by atomic mass is 10.1. The number of aryl methyl sites for hydroxylation is 3. The third-order valence-electron chi connectivity index (χ3n) is 9.02. The summed E-state index contributed by atoms with van der Waals surface area (Å²) >= 11 is 2.63. The maximum atomic E-state index is 13.0. The van der Waals surface area contributed by atoms with Crippen LogP contribution in [0.2, 0.25) is 0 Å². The zero-order valence-electron chi connectivity index (χ0n) is 31.0. The predicted octanol–water partition coefficient (Wildman–Crippen LogP) is 5.99. The first-order valence-electron chi connectivity index (χ1n) is 17.4. The van der Waals surface area contributed by atoms with E-state index in [0.717, 1.165) is 50.3 Å². The Morgan fingerprint density at radius 3 is 1.72 bits per heavy atom. The highest BCUT2D eigenvalue weighted by molar-refractivity contribution is 7.09. The van der Waals surface area contributed by atoms with Crippen molar-refractivity contribution in [2.45, 2.75) is 73.6 Å². The van der Waals surface area contributed by atoms with Crippen LogP contribution in [0.5, 0.6) is 5.75 Å². The molecule has 2 aromatic carbocycles. The molecular weight excluding hydrogens is 713 g/mol. The molecular formula is C36H42N12O3S2. The van der Waals surface area contributed by atoms with E-state index >= 15 is 0 Å². The molecule has 0 bridgehead atoms. The maximum Gasteiger partial charge on any atom is 0.254 e. The normalized spacial score (nSPS) is 16.1. The summed E-state index contributed by atoms with van der Waals surface area (Å²) in [6.07, 6.45) is 0. The molecule has 2 aliphatic heterocycles. The van der Waals surface area contributed by atoms with Gasteiger partial charge in [0.2, 0.25) is 0 Å². The van der Waals surface area contributed by atoms with Crippen LogP contribution in [0, 0.1) is 20.8 Å². The molecule has 0 saturated heterocycles. The van der Waals surface area contributed by atoms with Gasteiger partial charge in [0.1, 0.15) is 17.4 Å². The molecule has 53 heavy (non-hydrogen) atoms. The summed E-state index contributed by atoms with van der Waals surface area (Å²) in [5.74, 6) is 5.11. The van der Waals surface area contributed by atoms with Gasteiger partial charge in [0, 0.05) is 37.3 Å². The fourth-order valence-corrected chi connectivity index (χ4v) is 7.64. The van der Waals surface area contributed by atoms with Crippen molar-refractivity contribution in [2.24, 2.45) is 0 Å². The number of nitrogens with zero attached hydrogens (tertiary/aromatic N) is 12. The van der Waals surface area contributed by atoms with Crippen molar-refractivity contribution < 1.29 is 14.3 Å². The summed E-state index contributed by atoms with van der Waals surface area (Å²) in [4.78, 5) is 38.4. The van der Waals surface area contributed by atoms with Crippen LogP contribution >= 0.6 is 23.1 Å². The van der Waals surface area contributed by atoms with Gasteiger partial charge in [-0.05, 0) is 87.5 Å². The van der Waals surface area contributed by atoms with Crippen molar-refractivity contribution in [1.82, 2.24) is 58.0 Å². The lowest BCUT2D eigenvalue weighted by Gasteiger charge is -2.34. The topological polar surface area (TPSA) is 163 Å². The molecule has 17 heteroatoms. The number of hydrogen-bond acceptors (Lipinski definition) is 13. The van der Waals surface area contributed by atoms with Crippen LogP contribution in [-0.4, -0.2) is 90.1 Å². The molecule has 6 aromatic rings. The molecule has 0 radical (unpaired) electrons. The minimum Gasteiger partial charge on any atom is -0.497 e. The van der Waals surface area contributed by atoms with Gasteiger partial charge in [-0.1, -0.05) is 38.1 Å². The fraction of sp³-hybridized carbons (Fsp3) is 0.389. The Balaban J connectivity index is 0.000000173. The van der Waals surface area contributed by atoms with Crippen LogP contribution in [-0.2, 0) is 13.1 Å². The maximum absolute atomic E-state index is 13.0. The second-order valence-electron chi connectivity index (χ2n) is 12.3. The highest BCUT2D eigenvalue weighted by Crippen LogP contribution is 2.32. The zero-order valence-corrected chi connectivity index (χ0v) is 32.6. The highest BCUT2D eigenvalue weighted by atomic mass is 32.1. The molecule has 2 atom stereocenters. The van der Waals surface area contributed by atoms with Gasteiger partial charge in [0.25, 0.3) is 11.8 Å². The average molecular weight is 755 g/mol. The molecule has 276 valence electrons. The smallest absolute Gasteiger partial charge is 0.254 e. The fourth-order valence-electron chi connectivity index (χ4n) is 6.31. The van der Waals surface area contributed by atoms with Gasteiger partial charge in [0.15, 0.2) is 33.3 Å². The van der Waals surface area contributed by atoms with E-state index < -0.39 is 0 Å². The first-order chi connectivity index (χ1) is 25.6. The lowest BCUT2D eigenvalue weighted by molar-refractivity contribution is 0.0630. The minimum absolute atomic E-state index is 0.0353. The Bertz CT molecular complexity index is 2220. The Morgan fingerprint density at radius 1 is 0.698 bits per heavy atom. The first-order valence-corrected chi connectivity index (χ1v) is 19.0. The SMILES string of the molecule is CC.COc1cccc(C(=O)N2CCn3c(-c4nc(C)ns4)nnc3[C@H]2C)c1.Cc1nsc(-c2nnc3n2CCN(C(=O)c2ccccc2C)[C@@H]3C)n1. The summed E-state index contributed by atoms with van der Waals surface area (Å²) in [5.41, 5.74) is 2.32. The van der Waals surface area contributed by atoms with Crippen molar-refractivity contribution in [1.29, 1.82) is 0 Å². The first kappa shape index (κ1) is 37.3. The number of carbonyl (C=O) groups excluding carboxylic acids is 2. The number of amides is 2. The Labute approximate surface area is 316 Å². The van der Waals surface area contributed by atoms with Crippen LogP contribution < -0.4 is 4.74 Å². The predicted molar refractivity (Wildman–Crippen MR) is 202 cm³/mol. The second kappa shape index (κ2) is 16.1. The molecule has 15 nitrogen and oxygen atoms in total. The molecule has 2 amide bonds. The van der Waals surface area contributed by atoms with Gasteiger partial charge < -0.3 is 23.7 Å². The highest BCUT2D eigenvalue weighted by Gasteiger charge is 2.34. The van der Waals surface area contributed by atoms with Crippen LogP contribution in [0.3, 0.4) is 0 Å². The summed E-state index contributed by atoms with van der Waals surface area (Å²) < 4.78 is 17.7. The number of benzene rings is 2. The van der Waals surface area contributed by atoms with Crippen molar-refractivity contribution in [3.05, 3.63) is 88.5 Å². The van der Waals surface area contributed by atoms with Crippen LogP contribution in [0.15, 0.2) is 48.5 Å². The van der Waals surface area contributed by atoms with E-state index in [0.29, 0.717) is 43.3 Å². The molecule has 0 unspecified atom stereocenters. The molecule has 0 spiro atoms. The molecule has 0 saturated carbocycles. The van der Waals surface area contributed by atoms with Gasteiger partial charge in [-0.25, -0.2) is 9.97 Å².